The molecule has 0 radical (unpaired) electrons. The van der Waals surface area contributed by atoms with Gasteiger partial charge in [-0.05, 0) is 49.9 Å². The normalized spacial score (nSPS) is 19.5. The average molecular weight is 588 g/mol. The number of hydrogen-bond donors (Lipinski definition) is 2. The van der Waals surface area contributed by atoms with Crippen molar-refractivity contribution in [3.63, 3.8) is 0 Å². The Labute approximate surface area is 252 Å². The number of urea groups is 1. The molecule has 1 saturated heterocycles. The number of carbonyl (C=O) groups excluding carboxylic acids is 3. The van der Waals surface area contributed by atoms with Crippen molar-refractivity contribution in [1.82, 2.24) is 5.01 Å². The number of hydrazone groups is 1. The van der Waals surface area contributed by atoms with Crippen molar-refractivity contribution in [1.29, 1.82) is 0 Å². The van der Waals surface area contributed by atoms with Gasteiger partial charge in [-0.3, -0.25) is 14.5 Å². The fourth-order valence-corrected chi connectivity index (χ4v) is 6.14. The number of hydrogen-bond acceptors (Lipinski definition) is 6. The molecule has 0 bridgehead atoms. The smallest absolute Gasteiger partial charge is 0.345 e. The highest BCUT2D eigenvalue weighted by Crippen LogP contribution is 2.35. The number of carboxylic acids is 1. The van der Waals surface area contributed by atoms with Crippen molar-refractivity contribution < 1.29 is 24.3 Å². The van der Waals surface area contributed by atoms with Gasteiger partial charge >= 0.3 is 12.0 Å². The van der Waals surface area contributed by atoms with Crippen LogP contribution in [0.5, 0.6) is 0 Å². The Hall–Kier alpha value is -4.21. The predicted molar refractivity (Wildman–Crippen MR) is 167 cm³/mol. The maximum atomic E-state index is 14.1. The summed E-state index contributed by atoms with van der Waals surface area (Å²) in [6.07, 6.45) is 6.55. The van der Waals surface area contributed by atoms with Crippen LogP contribution in [-0.4, -0.2) is 65.2 Å². The Morgan fingerprint density at radius 2 is 1.70 bits per heavy atom. The molecule has 43 heavy (non-hydrogen) atoms. The van der Waals surface area contributed by atoms with E-state index in [0.717, 1.165) is 49.8 Å². The monoisotopic (exact) mass is 587 g/mol. The van der Waals surface area contributed by atoms with Crippen LogP contribution in [0.1, 0.15) is 71.3 Å². The van der Waals surface area contributed by atoms with Crippen LogP contribution in [0.3, 0.4) is 0 Å². The van der Waals surface area contributed by atoms with Crippen LogP contribution >= 0.6 is 0 Å². The van der Waals surface area contributed by atoms with Crippen molar-refractivity contribution >= 4 is 46.5 Å². The van der Waals surface area contributed by atoms with E-state index in [1.54, 1.807) is 18.2 Å². The minimum atomic E-state index is -0.867. The molecule has 3 amide bonds. The van der Waals surface area contributed by atoms with Gasteiger partial charge in [0, 0.05) is 34.8 Å². The molecule has 0 spiro atoms. The fourth-order valence-electron chi connectivity index (χ4n) is 6.14. The first-order chi connectivity index (χ1) is 20.5. The van der Waals surface area contributed by atoms with E-state index in [4.69, 9.17) is 5.10 Å². The highest BCUT2D eigenvalue weighted by Gasteiger charge is 2.36. The Morgan fingerprint density at radius 3 is 2.42 bits per heavy atom. The van der Waals surface area contributed by atoms with Gasteiger partial charge in [0.15, 0.2) is 5.78 Å². The number of anilines is 3. The lowest BCUT2D eigenvalue weighted by Gasteiger charge is -2.28. The second kappa shape index (κ2) is 12.6. The van der Waals surface area contributed by atoms with Crippen LogP contribution in [0.25, 0.3) is 0 Å². The van der Waals surface area contributed by atoms with Crippen molar-refractivity contribution in [3.05, 3.63) is 54.1 Å². The van der Waals surface area contributed by atoms with Gasteiger partial charge in [-0.15, -0.1) is 0 Å². The molecule has 2 N–H and O–H groups in total. The van der Waals surface area contributed by atoms with Gasteiger partial charge in [-0.25, -0.2) is 14.6 Å². The SMILES string of the molecule is CC(C)(C)C(=O)CN1C(=O)N(CC(=O)Nc2cccc(N3CCC[C@H]3C(=O)O)c2)N=C(C2CCCCC2)c2ccccc21. The van der Waals surface area contributed by atoms with Crippen molar-refractivity contribution in [2.24, 2.45) is 16.4 Å². The number of rotatable bonds is 8. The number of amides is 3. The molecule has 1 saturated carbocycles. The van der Waals surface area contributed by atoms with Crippen LogP contribution in [0.4, 0.5) is 21.9 Å². The molecule has 2 aromatic carbocycles. The summed E-state index contributed by atoms with van der Waals surface area (Å²) < 4.78 is 0. The lowest BCUT2D eigenvalue weighted by atomic mass is 9.83. The van der Waals surface area contributed by atoms with Crippen molar-refractivity contribution in [3.8, 4) is 0 Å². The summed E-state index contributed by atoms with van der Waals surface area (Å²) in [7, 11) is 0. The quantitative estimate of drug-likeness (QED) is 0.419. The number of ketones is 1. The zero-order chi connectivity index (χ0) is 30.7. The third-order valence-corrected chi connectivity index (χ3v) is 8.57. The number of para-hydroxylation sites is 1. The molecule has 5 rings (SSSR count). The second-order valence-corrected chi connectivity index (χ2v) is 12.7. The number of benzene rings is 2. The number of carbonyl (C=O) groups is 4. The highest BCUT2D eigenvalue weighted by molar-refractivity contribution is 6.13. The van der Waals surface area contributed by atoms with Crippen LogP contribution in [-0.2, 0) is 14.4 Å². The lowest BCUT2D eigenvalue weighted by Crippen LogP contribution is -2.47. The molecule has 1 atom stereocenters. The lowest BCUT2D eigenvalue weighted by molar-refractivity contribution is -0.138. The Morgan fingerprint density at radius 1 is 0.953 bits per heavy atom. The van der Waals surface area contributed by atoms with Crippen LogP contribution in [0.2, 0.25) is 0 Å². The molecular weight excluding hydrogens is 546 g/mol. The van der Waals surface area contributed by atoms with E-state index in [1.807, 2.05) is 56.0 Å². The molecular formula is C33H41N5O5. The summed E-state index contributed by atoms with van der Waals surface area (Å²) in [5.41, 5.74) is 2.78. The number of Topliss-reactive ketones (excluding diaryl/α,β-unsaturated/α-hetero) is 1. The Bertz CT molecular complexity index is 1420. The molecule has 2 heterocycles. The topological polar surface area (TPSA) is 123 Å². The first-order valence-corrected chi connectivity index (χ1v) is 15.2. The van der Waals surface area contributed by atoms with E-state index < -0.39 is 29.4 Å². The maximum absolute atomic E-state index is 14.1. The summed E-state index contributed by atoms with van der Waals surface area (Å²) >= 11 is 0. The fraction of sp³-hybridized carbons (Fsp3) is 0.485. The largest absolute Gasteiger partial charge is 0.480 e. The zero-order valence-corrected chi connectivity index (χ0v) is 25.2. The highest BCUT2D eigenvalue weighted by atomic mass is 16.4. The third-order valence-electron chi connectivity index (χ3n) is 8.57. The maximum Gasteiger partial charge on any atom is 0.345 e. The molecule has 2 fully saturated rings. The van der Waals surface area contributed by atoms with Crippen LogP contribution < -0.4 is 15.1 Å². The summed E-state index contributed by atoms with van der Waals surface area (Å²) in [5, 5.41) is 18.5. The van der Waals surface area contributed by atoms with Gasteiger partial charge in [0.05, 0.1) is 17.9 Å². The number of nitrogens with one attached hydrogen (secondary N) is 1. The van der Waals surface area contributed by atoms with Gasteiger partial charge in [0.25, 0.3) is 0 Å². The van der Waals surface area contributed by atoms with E-state index >= 15 is 0 Å². The zero-order valence-electron chi connectivity index (χ0n) is 25.2. The molecule has 2 aliphatic heterocycles. The Balaban J connectivity index is 1.43. The molecule has 228 valence electrons. The number of carboxylic acid groups (broad SMARTS) is 1. The van der Waals surface area contributed by atoms with Gasteiger partial charge in [-0.2, -0.15) is 5.10 Å². The first kappa shape index (κ1) is 30.3. The van der Waals surface area contributed by atoms with E-state index in [0.29, 0.717) is 30.0 Å². The van der Waals surface area contributed by atoms with Crippen molar-refractivity contribution in [2.75, 3.05) is 34.8 Å². The van der Waals surface area contributed by atoms with Crippen LogP contribution in [0.15, 0.2) is 53.6 Å². The van der Waals surface area contributed by atoms with Gasteiger partial charge in [0.2, 0.25) is 5.91 Å². The standard InChI is InChI=1S/C33H41N5O5/c1-33(2,3)28(39)20-37-26-16-8-7-15-25(26)30(22-11-5-4-6-12-22)35-38(32(37)43)21-29(40)34-23-13-9-14-24(19-23)36-18-10-17-27(36)31(41)42/h7-9,13-16,19,22,27H,4-6,10-12,17-18,20-21H2,1-3H3,(H,34,40)(H,41,42)/t27-/m0/s1. The summed E-state index contributed by atoms with van der Waals surface area (Å²) in [4.78, 5) is 55.7. The molecule has 10 nitrogen and oxygen atoms in total. The summed E-state index contributed by atoms with van der Waals surface area (Å²) in [6, 6.07) is 13.5. The van der Waals surface area contributed by atoms with E-state index in [-0.39, 0.29) is 24.8 Å². The number of nitrogens with zero attached hydrogens (tertiary/aromatic N) is 4. The Kier molecular flexibility index (Phi) is 8.84. The van der Waals surface area contributed by atoms with Crippen molar-refractivity contribution in [2.45, 2.75) is 71.8 Å². The van der Waals surface area contributed by atoms with Crippen LogP contribution in [0, 0.1) is 11.3 Å². The van der Waals surface area contributed by atoms with Gasteiger partial charge in [0.1, 0.15) is 12.6 Å². The molecule has 10 heteroatoms. The third kappa shape index (κ3) is 6.73. The molecule has 0 unspecified atom stereocenters. The van der Waals surface area contributed by atoms with E-state index in [1.165, 1.54) is 9.91 Å². The molecule has 3 aliphatic rings. The molecule has 2 aromatic rings. The molecule has 1 aliphatic carbocycles. The predicted octanol–water partition coefficient (Wildman–Crippen LogP) is 5.52. The minimum Gasteiger partial charge on any atom is -0.480 e. The van der Waals surface area contributed by atoms with E-state index in [9.17, 15) is 24.3 Å². The number of fused-ring (bicyclic) bond motifs is 1. The summed E-state index contributed by atoms with van der Waals surface area (Å²) in [5.74, 6) is -1.26. The number of aliphatic carboxylic acids is 1. The minimum absolute atomic E-state index is 0.0976. The van der Waals surface area contributed by atoms with E-state index in [2.05, 4.69) is 5.32 Å². The first-order valence-electron chi connectivity index (χ1n) is 15.2. The molecule has 0 aromatic heterocycles. The van der Waals surface area contributed by atoms with Gasteiger partial charge in [-0.1, -0.05) is 64.3 Å². The summed E-state index contributed by atoms with van der Waals surface area (Å²) in [6.45, 7) is 5.64. The second-order valence-electron chi connectivity index (χ2n) is 12.7. The van der Waals surface area contributed by atoms with Gasteiger partial charge < -0.3 is 15.3 Å². The average Bonchev–Trinajstić information content (AvgIpc) is 3.45.